The maximum absolute atomic E-state index is 11.0. The zero-order valence-corrected chi connectivity index (χ0v) is 13.6. The molecule has 0 radical (unpaired) electrons. The molecule has 5 heteroatoms. The second-order valence-corrected chi connectivity index (χ2v) is 5.40. The van der Waals surface area contributed by atoms with Crippen LogP contribution in [0, 0.1) is 0 Å². The van der Waals surface area contributed by atoms with E-state index < -0.39 is 11.4 Å². The Kier molecular flexibility index (Phi) is 5.47. The summed E-state index contributed by atoms with van der Waals surface area (Å²) in [6.07, 6.45) is 7.42. The number of carboxylic acid groups (broad SMARTS) is 1. The van der Waals surface area contributed by atoms with Gasteiger partial charge in [0.2, 0.25) is 0 Å². The van der Waals surface area contributed by atoms with Crippen LogP contribution in [0.4, 0.5) is 0 Å². The van der Waals surface area contributed by atoms with Crippen molar-refractivity contribution in [3.8, 4) is 5.75 Å². The number of rotatable bonds is 8. The summed E-state index contributed by atoms with van der Waals surface area (Å²) in [5.74, 6) is 0.202. The molecule has 1 heterocycles. The van der Waals surface area contributed by atoms with Gasteiger partial charge in [-0.1, -0.05) is 24.3 Å². The second kappa shape index (κ2) is 7.55. The number of hydrogen-bond acceptors (Lipinski definition) is 4. The molecule has 0 atom stereocenters. The van der Waals surface area contributed by atoms with Gasteiger partial charge >= 0.3 is 5.97 Å². The molecule has 0 aliphatic heterocycles. The summed E-state index contributed by atoms with van der Waals surface area (Å²) in [4.78, 5) is 19.7. The molecule has 1 aromatic heterocycles. The second-order valence-electron chi connectivity index (χ2n) is 5.40. The number of nitrogens with zero attached hydrogens (tertiary/aromatic N) is 2. The van der Waals surface area contributed by atoms with E-state index in [4.69, 9.17) is 9.84 Å². The molecule has 24 heavy (non-hydrogen) atoms. The van der Waals surface area contributed by atoms with Crippen molar-refractivity contribution in [1.29, 1.82) is 0 Å². The average molecular weight is 324 g/mol. The highest BCUT2D eigenvalue weighted by Crippen LogP contribution is 2.39. The third-order valence-corrected chi connectivity index (χ3v) is 3.93. The van der Waals surface area contributed by atoms with E-state index in [0.717, 1.165) is 11.3 Å². The Labute approximate surface area is 141 Å². The van der Waals surface area contributed by atoms with E-state index in [1.165, 1.54) is 12.4 Å². The van der Waals surface area contributed by atoms with Gasteiger partial charge in [0.05, 0.1) is 18.1 Å². The van der Waals surface area contributed by atoms with Gasteiger partial charge < -0.3 is 9.84 Å². The van der Waals surface area contributed by atoms with E-state index >= 15 is 0 Å². The smallest absolute Gasteiger partial charge is 0.338 e. The predicted molar refractivity (Wildman–Crippen MR) is 92.4 cm³/mol. The van der Waals surface area contributed by atoms with E-state index in [-0.39, 0.29) is 5.56 Å². The first-order valence-electron chi connectivity index (χ1n) is 7.49. The molecule has 0 fully saturated rings. The zero-order valence-electron chi connectivity index (χ0n) is 13.6. The lowest BCUT2D eigenvalue weighted by Crippen LogP contribution is -2.29. The van der Waals surface area contributed by atoms with E-state index in [0.29, 0.717) is 18.7 Å². The van der Waals surface area contributed by atoms with Gasteiger partial charge in [-0.3, -0.25) is 0 Å². The Morgan fingerprint density at radius 1 is 1.25 bits per heavy atom. The van der Waals surface area contributed by atoms with Gasteiger partial charge in [0.15, 0.2) is 0 Å². The molecule has 2 rings (SSSR count). The van der Waals surface area contributed by atoms with E-state index in [1.807, 2.05) is 24.3 Å². The van der Waals surface area contributed by atoms with Gasteiger partial charge in [-0.05, 0) is 30.5 Å². The highest BCUT2D eigenvalue weighted by atomic mass is 16.5. The fraction of sp³-hybridized carbons (Fsp3) is 0.211. The maximum Gasteiger partial charge on any atom is 0.338 e. The molecule has 0 unspecified atom stereocenters. The van der Waals surface area contributed by atoms with Crippen LogP contribution in [0.3, 0.4) is 0 Å². The van der Waals surface area contributed by atoms with Crippen LogP contribution in [0.15, 0.2) is 62.0 Å². The van der Waals surface area contributed by atoms with Crippen molar-refractivity contribution < 1.29 is 14.6 Å². The molecule has 0 saturated heterocycles. The molecular weight excluding hydrogens is 304 g/mol. The topological polar surface area (TPSA) is 72.3 Å². The lowest BCUT2D eigenvalue weighted by Gasteiger charge is -2.31. The van der Waals surface area contributed by atoms with Gasteiger partial charge in [-0.15, -0.1) is 13.2 Å². The average Bonchev–Trinajstić information content (AvgIpc) is 2.61. The van der Waals surface area contributed by atoms with Gasteiger partial charge in [0.25, 0.3) is 0 Å². The number of benzene rings is 1. The van der Waals surface area contributed by atoms with Crippen molar-refractivity contribution in [1.82, 2.24) is 9.97 Å². The monoisotopic (exact) mass is 324 g/mol. The van der Waals surface area contributed by atoms with Crippen molar-refractivity contribution in [2.75, 3.05) is 7.11 Å². The number of methoxy groups -OCH3 is 1. The van der Waals surface area contributed by atoms with Crippen LogP contribution < -0.4 is 4.74 Å². The van der Waals surface area contributed by atoms with Gasteiger partial charge in [0, 0.05) is 12.4 Å². The Morgan fingerprint density at radius 2 is 1.88 bits per heavy atom. The fourth-order valence-electron chi connectivity index (χ4n) is 2.73. The van der Waals surface area contributed by atoms with Crippen molar-refractivity contribution >= 4 is 5.97 Å². The largest absolute Gasteiger partial charge is 0.497 e. The summed E-state index contributed by atoms with van der Waals surface area (Å²) < 4.78 is 5.32. The third kappa shape index (κ3) is 3.35. The number of hydrogen-bond donors (Lipinski definition) is 1. The van der Waals surface area contributed by atoms with Crippen LogP contribution in [0.5, 0.6) is 5.75 Å². The molecule has 1 aromatic carbocycles. The Morgan fingerprint density at radius 3 is 2.38 bits per heavy atom. The Hall–Kier alpha value is -2.95. The first kappa shape index (κ1) is 17.4. The summed E-state index contributed by atoms with van der Waals surface area (Å²) >= 11 is 0. The summed E-state index contributed by atoms with van der Waals surface area (Å²) in [6.45, 7) is 7.70. The molecule has 5 nitrogen and oxygen atoms in total. The standard InChI is InChI=1S/C19H20N2O3/c1-4-9-19(10-5-2,15-7-6-8-16(11-15)24-3)18-20-12-14(13-21-18)17(22)23/h4-8,11-13H,1-2,9-10H2,3H3,(H,22,23). The Balaban J connectivity index is 2.62. The van der Waals surface area contributed by atoms with E-state index in [2.05, 4.69) is 23.1 Å². The van der Waals surface area contributed by atoms with E-state index in [1.54, 1.807) is 19.3 Å². The maximum atomic E-state index is 11.0. The van der Waals surface area contributed by atoms with Gasteiger partial charge in [-0.2, -0.15) is 0 Å². The molecule has 0 spiro atoms. The lowest BCUT2D eigenvalue weighted by molar-refractivity contribution is 0.0695. The number of allylic oxidation sites excluding steroid dienone is 2. The van der Waals surface area contributed by atoms with E-state index in [9.17, 15) is 4.79 Å². The molecule has 0 aliphatic carbocycles. The van der Waals surface area contributed by atoms with Crippen LogP contribution in [-0.4, -0.2) is 28.2 Å². The summed E-state index contributed by atoms with van der Waals surface area (Å²) in [7, 11) is 1.61. The van der Waals surface area contributed by atoms with Gasteiger partial charge in [-0.25, -0.2) is 14.8 Å². The minimum Gasteiger partial charge on any atom is -0.497 e. The number of ether oxygens (including phenoxy) is 1. The zero-order chi connectivity index (χ0) is 17.6. The molecule has 0 bridgehead atoms. The molecule has 1 N–H and O–H groups in total. The van der Waals surface area contributed by atoms with Crippen LogP contribution in [0.2, 0.25) is 0 Å². The van der Waals surface area contributed by atoms with Crippen LogP contribution in [-0.2, 0) is 5.41 Å². The molecule has 124 valence electrons. The summed E-state index contributed by atoms with van der Waals surface area (Å²) in [6, 6.07) is 7.68. The molecule has 0 amide bonds. The first-order chi connectivity index (χ1) is 11.6. The van der Waals surface area contributed by atoms with Crippen molar-refractivity contribution in [2.24, 2.45) is 0 Å². The quantitative estimate of drug-likeness (QED) is 0.751. The normalized spacial score (nSPS) is 10.9. The molecule has 0 saturated carbocycles. The third-order valence-electron chi connectivity index (χ3n) is 3.93. The van der Waals surface area contributed by atoms with Gasteiger partial charge in [0.1, 0.15) is 11.6 Å². The highest BCUT2D eigenvalue weighted by Gasteiger charge is 2.35. The molecular formula is C19H20N2O3. The summed E-state index contributed by atoms with van der Waals surface area (Å²) in [5.41, 5.74) is 0.440. The predicted octanol–water partition coefficient (Wildman–Crippen LogP) is 3.62. The summed E-state index contributed by atoms with van der Waals surface area (Å²) in [5, 5.41) is 9.04. The SMILES string of the molecule is C=CCC(CC=C)(c1cccc(OC)c1)c1ncc(C(=O)O)cn1. The van der Waals surface area contributed by atoms with Crippen molar-refractivity contribution in [2.45, 2.75) is 18.3 Å². The highest BCUT2D eigenvalue weighted by molar-refractivity contribution is 5.86. The first-order valence-corrected chi connectivity index (χ1v) is 7.49. The number of aromatic carboxylic acids is 1. The minimum atomic E-state index is -1.05. The molecule has 0 aliphatic rings. The van der Waals surface area contributed by atoms with Crippen LogP contribution in [0.25, 0.3) is 0 Å². The lowest BCUT2D eigenvalue weighted by atomic mass is 9.74. The number of aromatic nitrogens is 2. The number of carboxylic acids is 1. The van der Waals surface area contributed by atoms with Crippen molar-refractivity contribution in [3.05, 3.63) is 78.9 Å². The van der Waals surface area contributed by atoms with Crippen LogP contribution >= 0.6 is 0 Å². The van der Waals surface area contributed by atoms with Crippen LogP contribution in [0.1, 0.15) is 34.6 Å². The minimum absolute atomic E-state index is 0.0514. The number of carbonyl (C=O) groups is 1. The molecule has 2 aromatic rings. The van der Waals surface area contributed by atoms with Crippen molar-refractivity contribution in [3.63, 3.8) is 0 Å². The Bertz CT molecular complexity index is 729. The fourth-order valence-corrected chi connectivity index (χ4v) is 2.73.